The lowest BCUT2D eigenvalue weighted by Crippen LogP contribution is -2.38. The van der Waals surface area contributed by atoms with Gasteiger partial charge in [-0.3, -0.25) is 9.36 Å². The minimum Gasteiger partial charge on any atom is -0.566 e. The number of aromatic nitrogens is 4. The van der Waals surface area contributed by atoms with E-state index in [1.165, 1.54) is 12.7 Å². The molecule has 4 atom stereocenters. The monoisotopic (exact) mass is 719 g/mol. The Balaban J connectivity index is 1.22. The molecule has 0 bridgehead atoms. The van der Waals surface area contributed by atoms with Crippen molar-refractivity contribution in [3.05, 3.63) is 144 Å². The lowest BCUT2D eigenvalue weighted by molar-refractivity contribution is -0.192. The molecule has 0 radical (unpaired) electrons. The normalized spacial score (nSPS) is 17.5. The predicted molar refractivity (Wildman–Crippen MR) is 189 cm³/mol. The molecule has 0 saturated carbocycles. The van der Waals surface area contributed by atoms with E-state index in [9.17, 15) is 14.3 Å². The number of anilines is 1. The van der Waals surface area contributed by atoms with Gasteiger partial charge in [-0.2, -0.15) is 0 Å². The van der Waals surface area contributed by atoms with Crippen LogP contribution in [0.1, 0.15) is 39.7 Å². The van der Waals surface area contributed by atoms with Crippen molar-refractivity contribution < 1.29 is 37.7 Å². The molecule has 1 fully saturated rings. The summed E-state index contributed by atoms with van der Waals surface area (Å²) in [7, 11) is -0.0245. The van der Waals surface area contributed by atoms with E-state index in [2.05, 4.69) is 20.3 Å². The zero-order valence-electron chi connectivity index (χ0n) is 28.2. The van der Waals surface area contributed by atoms with Gasteiger partial charge < -0.3 is 29.2 Å². The number of carbonyl (C=O) groups is 1. The second kappa shape index (κ2) is 15.4. The summed E-state index contributed by atoms with van der Waals surface area (Å²) in [6.45, 7) is -0.0721. The van der Waals surface area contributed by atoms with Crippen LogP contribution in [0, 0.1) is 0 Å². The molecule has 1 saturated heterocycles. The third-order valence-electron chi connectivity index (χ3n) is 8.98. The number of hydrogen-bond donors (Lipinski definition) is 1. The van der Waals surface area contributed by atoms with Crippen molar-refractivity contribution in [2.75, 3.05) is 26.1 Å². The minimum atomic E-state index is -3.23. The number of amides is 1. The Labute approximate surface area is 300 Å². The van der Waals surface area contributed by atoms with E-state index in [1.807, 2.05) is 84.9 Å². The zero-order chi connectivity index (χ0) is 36.1. The van der Waals surface area contributed by atoms with Crippen molar-refractivity contribution in [1.82, 2.24) is 19.5 Å². The first kappa shape index (κ1) is 34.9. The van der Waals surface area contributed by atoms with Crippen LogP contribution in [0.25, 0.3) is 11.2 Å². The second-order valence-electron chi connectivity index (χ2n) is 11.9. The molecule has 7 rings (SSSR count). The summed E-state index contributed by atoms with van der Waals surface area (Å²) >= 11 is 0. The molecule has 6 aromatic rings. The van der Waals surface area contributed by atoms with Gasteiger partial charge in [0, 0.05) is 12.0 Å². The highest BCUT2D eigenvalue weighted by atomic mass is 31.1. The third kappa shape index (κ3) is 7.00. The van der Waals surface area contributed by atoms with E-state index < -0.39 is 32.3 Å². The first-order valence-corrected chi connectivity index (χ1v) is 17.5. The Morgan fingerprint density at radius 3 is 2.06 bits per heavy atom. The maximum absolute atomic E-state index is 12.9. The Morgan fingerprint density at radius 1 is 0.865 bits per heavy atom. The van der Waals surface area contributed by atoms with Gasteiger partial charge in [0.25, 0.3) is 5.91 Å². The van der Waals surface area contributed by atoms with E-state index >= 15 is 0 Å². The number of imidazole rings is 1. The van der Waals surface area contributed by atoms with Crippen LogP contribution in [-0.2, 0) is 24.2 Å². The molecule has 264 valence electrons. The molecule has 1 amide bonds. The van der Waals surface area contributed by atoms with E-state index in [0.29, 0.717) is 28.2 Å². The summed E-state index contributed by atoms with van der Waals surface area (Å²) in [5.74, 6) is 1.22. The number of ether oxygens (including phenoxy) is 4. The highest BCUT2D eigenvalue weighted by molar-refractivity contribution is 7.30. The number of fused-ring (bicyclic) bond motifs is 1. The van der Waals surface area contributed by atoms with E-state index in [4.69, 9.17) is 23.5 Å². The fourth-order valence-electron chi connectivity index (χ4n) is 6.45. The Kier molecular flexibility index (Phi) is 10.3. The average Bonchev–Trinajstić information content (AvgIpc) is 3.80. The lowest BCUT2D eigenvalue weighted by Gasteiger charge is -2.37. The lowest BCUT2D eigenvalue weighted by atomic mass is 9.80. The molecule has 2 aromatic heterocycles. The molecule has 3 heterocycles. The molecule has 13 nitrogen and oxygen atoms in total. The molecule has 14 heteroatoms. The maximum atomic E-state index is 12.9. The molecule has 1 aliphatic rings. The summed E-state index contributed by atoms with van der Waals surface area (Å²) < 4.78 is 43.5. The SMILES string of the molecule is COc1ccc(C(OC[C@H]2O[C@@H](n3cnc4c(NC(=O)c5ccccc5)ncnc43)C[C@H]2O[P+](=O)[O-])(c2ccccc2)c2ccc(OC)cc2)cc1. The fourth-order valence-corrected chi connectivity index (χ4v) is 6.89. The van der Waals surface area contributed by atoms with Gasteiger partial charge in [-0.15, -0.1) is 4.52 Å². The summed E-state index contributed by atoms with van der Waals surface area (Å²) in [5, 5.41) is 2.80. The van der Waals surface area contributed by atoms with Crippen LogP contribution in [0.15, 0.2) is 122 Å². The second-order valence-corrected chi connectivity index (χ2v) is 12.6. The molecule has 1 N–H and O–H groups in total. The van der Waals surface area contributed by atoms with Gasteiger partial charge in [-0.05, 0) is 57.7 Å². The zero-order valence-corrected chi connectivity index (χ0v) is 29.1. The largest absolute Gasteiger partial charge is 0.566 e. The van der Waals surface area contributed by atoms with Crippen LogP contribution < -0.4 is 19.7 Å². The van der Waals surface area contributed by atoms with Crippen molar-refractivity contribution in [2.45, 2.75) is 30.5 Å². The number of carbonyl (C=O) groups excluding carboxylic acids is 1. The first-order chi connectivity index (χ1) is 25.4. The average molecular weight is 720 g/mol. The standard InChI is InChI=1S/C38H34N5O8P/c1-47-29-17-13-27(14-18-29)38(26-11-7-4-8-12-26,28-15-19-30(48-2)20-16-28)49-22-32-31(51-52(45)46)21-33(50-32)43-24-41-34-35(39-23-40-36(34)43)42-37(44)25-9-5-3-6-10-25/h3-20,23-24,31-33H,21-22H2,1-2H3,(H,39,40,42,44)/t31-,32-,33-/m1/s1. The van der Waals surface area contributed by atoms with Crippen LogP contribution in [-0.4, -0.2) is 58.5 Å². The molecule has 52 heavy (non-hydrogen) atoms. The molecule has 1 aliphatic heterocycles. The summed E-state index contributed by atoms with van der Waals surface area (Å²) in [6.07, 6.45) is 0.498. The number of methoxy groups -OCH3 is 2. The van der Waals surface area contributed by atoms with E-state index in [-0.39, 0.29) is 24.8 Å². The Bertz CT molecular complexity index is 2100. The van der Waals surface area contributed by atoms with Crippen molar-refractivity contribution in [3.8, 4) is 11.5 Å². The molecule has 0 spiro atoms. The molecular weight excluding hydrogens is 685 g/mol. The van der Waals surface area contributed by atoms with Gasteiger partial charge >= 0.3 is 8.25 Å². The highest BCUT2D eigenvalue weighted by Gasteiger charge is 2.45. The number of hydrogen-bond acceptors (Lipinski definition) is 11. The van der Waals surface area contributed by atoms with Crippen LogP contribution in [0.2, 0.25) is 0 Å². The minimum absolute atomic E-state index is 0.0721. The van der Waals surface area contributed by atoms with Crippen LogP contribution in [0.5, 0.6) is 11.5 Å². The van der Waals surface area contributed by atoms with E-state index in [1.54, 1.807) is 43.1 Å². The van der Waals surface area contributed by atoms with Crippen molar-refractivity contribution in [3.63, 3.8) is 0 Å². The summed E-state index contributed by atoms with van der Waals surface area (Å²) in [4.78, 5) is 38.0. The maximum Gasteiger partial charge on any atom is 0.488 e. The topological polar surface area (TPSA) is 159 Å². The van der Waals surface area contributed by atoms with Crippen LogP contribution in [0.3, 0.4) is 0 Å². The summed E-state index contributed by atoms with van der Waals surface area (Å²) in [5.41, 5.74) is 2.43. The van der Waals surface area contributed by atoms with Gasteiger partial charge in [0.15, 0.2) is 17.0 Å². The van der Waals surface area contributed by atoms with Crippen molar-refractivity contribution in [2.24, 2.45) is 0 Å². The van der Waals surface area contributed by atoms with Gasteiger partial charge in [-0.1, -0.05) is 72.8 Å². The van der Waals surface area contributed by atoms with Gasteiger partial charge in [0.05, 0.1) is 27.2 Å². The molecule has 1 unspecified atom stereocenters. The quantitative estimate of drug-likeness (QED) is 0.114. The van der Waals surface area contributed by atoms with Crippen LogP contribution >= 0.6 is 8.25 Å². The van der Waals surface area contributed by atoms with Gasteiger partial charge in [-0.25, -0.2) is 15.0 Å². The Morgan fingerprint density at radius 2 is 1.46 bits per heavy atom. The molecular formula is C38H34N5O8P. The number of nitrogens with zero attached hydrogens (tertiary/aromatic N) is 4. The first-order valence-electron chi connectivity index (χ1n) is 16.4. The van der Waals surface area contributed by atoms with Crippen molar-refractivity contribution >= 4 is 31.1 Å². The summed E-state index contributed by atoms with van der Waals surface area (Å²) in [6, 6.07) is 33.6. The van der Waals surface area contributed by atoms with Crippen molar-refractivity contribution in [1.29, 1.82) is 0 Å². The number of rotatable bonds is 13. The molecule has 4 aromatic carbocycles. The van der Waals surface area contributed by atoms with Gasteiger partial charge in [0.2, 0.25) is 0 Å². The van der Waals surface area contributed by atoms with Gasteiger partial charge in [0.1, 0.15) is 41.9 Å². The molecule has 0 aliphatic carbocycles. The fraction of sp³-hybridized carbons (Fsp3) is 0.211. The number of benzene rings is 4. The van der Waals surface area contributed by atoms with Crippen LogP contribution in [0.4, 0.5) is 5.82 Å². The Hall–Kier alpha value is -5.56. The number of nitrogens with one attached hydrogen (secondary N) is 1. The predicted octanol–water partition coefficient (Wildman–Crippen LogP) is 5.79. The highest BCUT2D eigenvalue weighted by Crippen LogP contribution is 2.44. The third-order valence-corrected chi connectivity index (χ3v) is 9.42. The van der Waals surface area contributed by atoms with E-state index in [0.717, 1.165) is 16.7 Å². The smallest absolute Gasteiger partial charge is 0.488 e.